The van der Waals surface area contributed by atoms with E-state index in [-0.39, 0.29) is 5.41 Å². The number of fused-ring (bicyclic) bond motifs is 13. The average Bonchev–Trinajstić information content (AvgIpc) is 3.78. The first kappa shape index (κ1) is 29.5. The highest BCUT2D eigenvalue weighted by atomic mass is 14.5. The molecule has 0 bridgehead atoms. The summed E-state index contributed by atoms with van der Waals surface area (Å²) in [6, 6.07) is 68.9. The molecule has 0 radical (unpaired) electrons. The predicted octanol–water partition coefficient (Wildman–Crippen LogP) is 12.7. The zero-order chi connectivity index (χ0) is 34.6. The Morgan fingerprint density at radius 2 is 0.827 bits per heavy atom. The lowest BCUT2D eigenvalue weighted by Gasteiger charge is -2.34. The Kier molecular flexibility index (Phi) is 6.03. The Hall–Kier alpha value is -6.24. The highest BCUT2D eigenvalue weighted by Crippen LogP contribution is 2.64. The second-order valence-electron chi connectivity index (χ2n) is 14.9. The fourth-order valence-corrected chi connectivity index (χ4v) is 10.4. The molecule has 2 unspecified atom stereocenters. The lowest BCUT2D eigenvalue weighted by Crippen LogP contribution is -2.28. The fraction of sp³-hybridized carbons (Fsp3) is 0.0769. The summed E-state index contributed by atoms with van der Waals surface area (Å²) >= 11 is 0. The van der Waals surface area contributed by atoms with Crippen molar-refractivity contribution in [1.29, 1.82) is 0 Å². The van der Waals surface area contributed by atoms with Gasteiger partial charge in [0.25, 0.3) is 0 Å². The smallest absolute Gasteiger partial charge is 0.0622 e. The van der Waals surface area contributed by atoms with Crippen molar-refractivity contribution in [3.63, 3.8) is 0 Å². The van der Waals surface area contributed by atoms with Crippen LogP contribution in [0.4, 0.5) is 0 Å². The topological polar surface area (TPSA) is 0 Å². The molecular weight excluding hydrogens is 625 g/mol. The minimum atomic E-state index is -0.440. The third-order valence-corrected chi connectivity index (χ3v) is 12.4. The minimum absolute atomic E-state index is 0.371. The summed E-state index contributed by atoms with van der Waals surface area (Å²) in [5.74, 6) is 0. The van der Waals surface area contributed by atoms with E-state index in [1.807, 2.05) is 0 Å². The largest absolute Gasteiger partial charge is 0.0725 e. The van der Waals surface area contributed by atoms with Crippen molar-refractivity contribution < 1.29 is 0 Å². The normalized spacial score (nSPS) is 18.3. The maximum absolute atomic E-state index is 2.51. The number of benzene rings is 8. The molecular formula is C52H36. The second-order valence-corrected chi connectivity index (χ2v) is 14.9. The molecule has 0 fully saturated rings. The Morgan fingerprint density at radius 3 is 1.58 bits per heavy atom. The first-order valence-electron chi connectivity index (χ1n) is 18.4. The highest BCUT2D eigenvalue weighted by Gasteiger charge is 2.52. The molecule has 0 heteroatoms. The number of rotatable bonds is 3. The van der Waals surface area contributed by atoms with Crippen LogP contribution < -0.4 is 0 Å². The Bertz CT molecular complexity index is 2770. The molecule has 0 aromatic heterocycles. The summed E-state index contributed by atoms with van der Waals surface area (Å²) < 4.78 is 0. The van der Waals surface area contributed by atoms with Crippen molar-refractivity contribution >= 4 is 0 Å². The van der Waals surface area contributed by atoms with Crippen molar-refractivity contribution in [3.8, 4) is 44.5 Å². The molecule has 0 N–H and O–H groups in total. The van der Waals surface area contributed by atoms with Gasteiger partial charge in [0.05, 0.1) is 10.8 Å². The quantitative estimate of drug-likeness (QED) is 0.177. The molecule has 0 nitrogen and oxygen atoms in total. The third kappa shape index (κ3) is 3.62. The molecule has 0 heterocycles. The average molecular weight is 661 g/mol. The van der Waals surface area contributed by atoms with Crippen LogP contribution in [0.2, 0.25) is 0 Å². The van der Waals surface area contributed by atoms with Gasteiger partial charge in [0.2, 0.25) is 0 Å². The first-order chi connectivity index (χ1) is 25.6. The van der Waals surface area contributed by atoms with E-state index in [1.165, 1.54) is 100 Å². The monoisotopic (exact) mass is 660 g/mol. The zero-order valence-corrected chi connectivity index (χ0v) is 29.3. The first-order valence-corrected chi connectivity index (χ1v) is 18.4. The van der Waals surface area contributed by atoms with Crippen LogP contribution in [0.5, 0.6) is 0 Å². The van der Waals surface area contributed by atoms with E-state index in [0.29, 0.717) is 0 Å². The van der Waals surface area contributed by atoms with Gasteiger partial charge >= 0.3 is 0 Å². The van der Waals surface area contributed by atoms with Crippen molar-refractivity contribution in [1.82, 2.24) is 0 Å². The van der Waals surface area contributed by atoms with E-state index in [9.17, 15) is 0 Å². The second kappa shape index (κ2) is 10.6. The molecule has 2 atom stereocenters. The minimum Gasteiger partial charge on any atom is -0.0622 e. The summed E-state index contributed by atoms with van der Waals surface area (Å²) in [4.78, 5) is 0. The van der Waals surface area contributed by atoms with E-state index in [2.05, 4.69) is 196 Å². The molecule has 0 saturated heterocycles. The van der Waals surface area contributed by atoms with Gasteiger partial charge in [-0.15, -0.1) is 0 Å². The van der Waals surface area contributed by atoms with Crippen LogP contribution in [0.3, 0.4) is 0 Å². The van der Waals surface area contributed by atoms with Gasteiger partial charge in [-0.25, -0.2) is 0 Å². The van der Waals surface area contributed by atoms with Crippen LogP contribution in [0.25, 0.3) is 44.5 Å². The summed E-state index contributed by atoms with van der Waals surface area (Å²) in [6.07, 6.45) is 0. The highest BCUT2D eigenvalue weighted by molar-refractivity contribution is 5.97. The summed E-state index contributed by atoms with van der Waals surface area (Å²) in [5, 5.41) is 0. The molecule has 52 heavy (non-hydrogen) atoms. The third-order valence-electron chi connectivity index (χ3n) is 12.4. The van der Waals surface area contributed by atoms with Crippen LogP contribution in [0.1, 0.15) is 55.6 Å². The maximum atomic E-state index is 2.51. The lowest BCUT2D eigenvalue weighted by atomic mass is 9.67. The molecule has 11 rings (SSSR count). The fourth-order valence-electron chi connectivity index (χ4n) is 10.4. The SMILES string of the molecule is Cc1ccc2c(c1)C(c1ccccc1)(c1cccc(-c3ccc4c(c3)C3(c5ccccc5-4)c4ccccc4-c4c(C)cccc43)c1)c1ccccc1-2. The molecule has 0 aliphatic heterocycles. The van der Waals surface area contributed by atoms with Crippen LogP contribution in [-0.2, 0) is 10.8 Å². The summed E-state index contributed by atoms with van der Waals surface area (Å²) in [6.45, 7) is 4.48. The zero-order valence-electron chi connectivity index (χ0n) is 29.3. The van der Waals surface area contributed by atoms with Crippen molar-refractivity contribution in [2.45, 2.75) is 24.7 Å². The van der Waals surface area contributed by atoms with Crippen molar-refractivity contribution in [3.05, 3.63) is 238 Å². The van der Waals surface area contributed by atoms with Crippen molar-refractivity contribution in [2.75, 3.05) is 0 Å². The van der Waals surface area contributed by atoms with E-state index < -0.39 is 5.41 Å². The lowest BCUT2D eigenvalue weighted by molar-refractivity contribution is 0.768. The molecule has 8 aromatic rings. The van der Waals surface area contributed by atoms with Gasteiger partial charge in [-0.2, -0.15) is 0 Å². The van der Waals surface area contributed by atoms with Gasteiger partial charge in [0.1, 0.15) is 0 Å². The molecule has 0 saturated carbocycles. The van der Waals surface area contributed by atoms with Crippen molar-refractivity contribution in [2.24, 2.45) is 0 Å². The van der Waals surface area contributed by atoms with Gasteiger partial charge in [-0.05, 0) is 121 Å². The van der Waals surface area contributed by atoms with Gasteiger partial charge in [-0.3, -0.25) is 0 Å². The Labute approximate surface area is 305 Å². The van der Waals surface area contributed by atoms with Crippen LogP contribution >= 0.6 is 0 Å². The molecule has 3 aliphatic rings. The molecule has 3 aliphatic carbocycles. The molecule has 0 amide bonds. The van der Waals surface area contributed by atoms with E-state index >= 15 is 0 Å². The number of aryl methyl sites for hydroxylation is 2. The van der Waals surface area contributed by atoms with Gasteiger partial charge in [0, 0.05) is 0 Å². The molecule has 1 spiro atoms. The van der Waals surface area contributed by atoms with E-state index in [4.69, 9.17) is 0 Å². The van der Waals surface area contributed by atoms with E-state index in [0.717, 1.165) is 0 Å². The maximum Gasteiger partial charge on any atom is 0.0725 e. The Balaban J connectivity index is 1.17. The summed E-state index contributed by atoms with van der Waals surface area (Å²) in [5.41, 5.74) is 23.1. The van der Waals surface area contributed by atoms with E-state index in [1.54, 1.807) is 0 Å². The molecule has 244 valence electrons. The van der Waals surface area contributed by atoms with Crippen LogP contribution in [-0.4, -0.2) is 0 Å². The Morgan fingerprint density at radius 1 is 0.308 bits per heavy atom. The van der Waals surface area contributed by atoms with Crippen LogP contribution in [0, 0.1) is 13.8 Å². The van der Waals surface area contributed by atoms with Crippen LogP contribution in [0.15, 0.2) is 182 Å². The van der Waals surface area contributed by atoms with Gasteiger partial charge in [0.15, 0.2) is 0 Å². The number of hydrogen-bond acceptors (Lipinski definition) is 0. The van der Waals surface area contributed by atoms with Gasteiger partial charge in [-0.1, -0.05) is 175 Å². The molecule has 8 aromatic carbocycles. The number of hydrogen-bond donors (Lipinski definition) is 0. The predicted molar refractivity (Wildman–Crippen MR) is 215 cm³/mol. The van der Waals surface area contributed by atoms with Gasteiger partial charge < -0.3 is 0 Å². The standard InChI is InChI=1S/C52H36/c1-33-26-28-41-39-19-6-9-22-44(39)51(48(41)30-33,37-16-4-3-5-17-37)38-18-13-15-35(31-38)36-27-29-42-40-20-7-10-23-45(40)52(49(42)32-36)46-24-11-8-21-43(46)50-34(2)14-12-25-47(50)52/h3-32H,1-2H3. The summed E-state index contributed by atoms with van der Waals surface area (Å²) in [7, 11) is 0.